The van der Waals surface area contributed by atoms with Crippen LogP contribution >= 0.6 is 0 Å². The molecule has 2 aromatic heterocycles. The lowest BCUT2D eigenvalue weighted by atomic mass is 10.1. The summed E-state index contributed by atoms with van der Waals surface area (Å²) in [5.74, 6) is 0.717. The molecule has 0 spiro atoms. The monoisotopic (exact) mass is 255 g/mol. The van der Waals surface area contributed by atoms with E-state index < -0.39 is 0 Å². The Labute approximate surface area is 109 Å². The van der Waals surface area contributed by atoms with Crippen LogP contribution in [0.15, 0.2) is 36.7 Å². The number of nitrogens with one attached hydrogen (secondary N) is 1. The van der Waals surface area contributed by atoms with Gasteiger partial charge in [-0.2, -0.15) is 4.52 Å². The van der Waals surface area contributed by atoms with Gasteiger partial charge in [0.2, 0.25) is 0 Å². The number of hydrogen-bond acceptors (Lipinski definition) is 6. The Kier molecular flexibility index (Phi) is 3.03. The maximum atomic E-state index is 5.52. The molecule has 0 fully saturated rings. The standard InChI is InChI=1S/C12H13N7/c13-6-5-9-1-3-10(4-2-9)15-11-7-14-8-12-16-17-18-19(11)12/h1-4,7-8,15H,5-6,13H2. The number of aromatic nitrogens is 5. The Morgan fingerprint density at radius 3 is 2.79 bits per heavy atom. The molecule has 0 amide bonds. The quantitative estimate of drug-likeness (QED) is 0.715. The molecule has 1 aromatic carbocycles. The number of nitrogens with two attached hydrogens (primary N) is 1. The lowest BCUT2D eigenvalue weighted by molar-refractivity contribution is 0.826. The largest absolute Gasteiger partial charge is 0.339 e. The minimum Gasteiger partial charge on any atom is -0.339 e. The molecule has 7 heteroatoms. The second-order valence-electron chi connectivity index (χ2n) is 4.10. The highest BCUT2D eigenvalue weighted by molar-refractivity contribution is 5.58. The molecule has 0 saturated carbocycles. The molecule has 2 heterocycles. The lowest BCUT2D eigenvalue weighted by Crippen LogP contribution is -2.03. The van der Waals surface area contributed by atoms with E-state index in [0.717, 1.165) is 12.1 Å². The molecule has 0 atom stereocenters. The summed E-state index contributed by atoms with van der Waals surface area (Å²) in [5, 5.41) is 14.6. The van der Waals surface area contributed by atoms with Gasteiger partial charge in [0.05, 0.1) is 12.4 Å². The summed E-state index contributed by atoms with van der Waals surface area (Å²) in [4.78, 5) is 4.09. The van der Waals surface area contributed by atoms with Crippen LogP contribution in [0.5, 0.6) is 0 Å². The second kappa shape index (κ2) is 4.99. The summed E-state index contributed by atoms with van der Waals surface area (Å²) in [7, 11) is 0. The van der Waals surface area contributed by atoms with Crippen LogP contribution < -0.4 is 11.1 Å². The predicted molar refractivity (Wildman–Crippen MR) is 71.1 cm³/mol. The summed E-state index contributed by atoms with van der Waals surface area (Å²) in [6, 6.07) is 8.08. The molecule has 0 aliphatic rings. The van der Waals surface area contributed by atoms with E-state index in [0.29, 0.717) is 18.0 Å². The van der Waals surface area contributed by atoms with Crippen LogP contribution in [0.4, 0.5) is 11.5 Å². The van der Waals surface area contributed by atoms with Crippen molar-refractivity contribution >= 4 is 17.2 Å². The first-order chi connectivity index (χ1) is 9.36. The zero-order valence-corrected chi connectivity index (χ0v) is 10.2. The number of anilines is 2. The highest BCUT2D eigenvalue weighted by Gasteiger charge is 2.04. The number of nitrogens with zero attached hydrogens (tertiary/aromatic N) is 5. The molecule has 7 nitrogen and oxygen atoms in total. The van der Waals surface area contributed by atoms with E-state index in [9.17, 15) is 0 Å². The smallest absolute Gasteiger partial charge is 0.199 e. The molecular weight excluding hydrogens is 242 g/mol. The van der Waals surface area contributed by atoms with Gasteiger partial charge in [-0.05, 0) is 41.1 Å². The molecule has 0 saturated heterocycles. The maximum Gasteiger partial charge on any atom is 0.199 e. The summed E-state index contributed by atoms with van der Waals surface area (Å²) < 4.78 is 1.60. The molecule has 0 aliphatic carbocycles. The van der Waals surface area contributed by atoms with E-state index >= 15 is 0 Å². The van der Waals surface area contributed by atoms with Crippen LogP contribution in [0.2, 0.25) is 0 Å². The summed E-state index contributed by atoms with van der Waals surface area (Å²) in [6.07, 6.45) is 4.16. The van der Waals surface area contributed by atoms with Gasteiger partial charge in [-0.15, -0.1) is 5.10 Å². The third-order valence-electron chi connectivity index (χ3n) is 2.77. The Morgan fingerprint density at radius 2 is 2.00 bits per heavy atom. The Balaban J connectivity index is 1.86. The fourth-order valence-corrected chi connectivity index (χ4v) is 1.83. The highest BCUT2D eigenvalue weighted by atomic mass is 15.5. The van der Waals surface area contributed by atoms with Gasteiger partial charge < -0.3 is 11.1 Å². The van der Waals surface area contributed by atoms with Crippen molar-refractivity contribution in [3.8, 4) is 0 Å². The topological polar surface area (TPSA) is 94.0 Å². The van der Waals surface area contributed by atoms with Gasteiger partial charge in [0.1, 0.15) is 0 Å². The summed E-state index contributed by atoms with van der Waals surface area (Å²) in [5.41, 5.74) is 8.29. The fourth-order valence-electron chi connectivity index (χ4n) is 1.83. The summed E-state index contributed by atoms with van der Waals surface area (Å²) in [6.45, 7) is 0.653. The van der Waals surface area contributed by atoms with Crippen molar-refractivity contribution in [3.05, 3.63) is 42.2 Å². The average molecular weight is 255 g/mol. The third kappa shape index (κ3) is 2.36. The Bertz CT molecular complexity index is 674. The van der Waals surface area contributed by atoms with Crippen molar-refractivity contribution in [3.63, 3.8) is 0 Å². The number of rotatable bonds is 4. The van der Waals surface area contributed by atoms with Crippen molar-refractivity contribution in [1.29, 1.82) is 0 Å². The van der Waals surface area contributed by atoms with E-state index in [1.54, 1.807) is 16.9 Å². The molecule has 3 N–H and O–H groups in total. The van der Waals surface area contributed by atoms with Crippen molar-refractivity contribution in [2.75, 3.05) is 11.9 Å². The molecule has 0 bridgehead atoms. The van der Waals surface area contributed by atoms with Crippen LogP contribution in [0.1, 0.15) is 5.56 Å². The van der Waals surface area contributed by atoms with Crippen LogP contribution in [0.25, 0.3) is 5.65 Å². The summed E-state index contributed by atoms with van der Waals surface area (Å²) >= 11 is 0. The predicted octanol–water partition coefficient (Wildman–Crippen LogP) is 0.764. The van der Waals surface area contributed by atoms with Gasteiger partial charge in [-0.1, -0.05) is 12.1 Å². The highest BCUT2D eigenvalue weighted by Crippen LogP contribution is 2.16. The fraction of sp³-hybridized carbons (Fsp3) is 0.167. The molecule has 19 heavy (non-hydrogen) atoms. The SMILES string of the molecule is NCCc1ccc(Nc2cncc3nnnn23)cc1. The van der Waals surface area contributed by atoms with Gasteiger partial charge in [0.25, 0.3) is 0 Å². The van der Waals surface area contributed by atoms with Gasteiger partial charge in [-0.25, -0.2) is 0 Å². The normalized spacial score (nSPS) is 10.8. The van der Waals surface area contributed by atoms with Gasteiger partial charge in [0, 0.05) is 5.69 Å². The second-order valence-corrected chi connectivity index (χ2v) is 4.10. The third-order valence-corrected chi connectivity index (χ3v) is 2.77. The molecule has 0 aliphatic heterocycles. The first-order valence-electron chi connectivity index (χ1n) is 5.95. The van der Waals surface area contributed by atoms with Crippen molar-refractivity contribution < 1.29 is 0 Å². The maximum absolute atomic E-state index is 5.52. The minimum absolute atomic E-state index is 0.602. The number of hydrogen-bond donors (Lipinski definition) is 2. The van der Waals surface area contributed by atoms with E-state index in [1.807, 2.05) is 24.3 Å². The molecule has 3 aromatic rings. The number of benzene rings is 1. The molecule has 0 radical (unpaired) electrons. The zero-order valence-electron chi connectivity index (χ0n) is 10.2. The van der Waals surface area contributed by atoms with Crippen LogP contribution in [0, 0.1) is 0 Å². The van der Waals surface area contributed by atoms with Crippen LogP contribution in [0.3, 0.4) is 0 Å². The number of tetrazole rings is 1. The van der Waals surface area contributed by atoms with E-state index in [-0.39, 0.29) is 0 Å². The van der Waals surface area contributed by atoms with Crippen molar-refractivity contribution in [1.82, 2.24) is 25.0 Å². The first kappa shape index (κ1) is 11.5. The van der Waals surface area contributed by atoms with E-state index in [4.69, 9.17) is 5.73 Å². The first-order valence-corrected chi connectivity index (χ1v) is 5.95. The van der Waals surface area contributed by atoms with Crippen LogP contribution in [-0.2, 0) is 6.42 Å². The van der Waals surface area contributed by atoms with Crippen molar-refractivity contribution in [2.45, 2.75) is 6.42 Å². The van der Waals surface area contributed by atoms with Crippen molar-refractivity contribution in [2.24, 2.45) is 5.73 Å². The minimum atomic E-state index is 0.602. The van der Waals surface area contributed by atoms with Gasteiger partial charge in [0.15, 0.2) is 11.5 Å². The van der Waals surface area contributed by atoms with Gasteiger partial charge >= 0.3 is 0 Å². The average Bonchev–Trinajstić information content (AvgIpc) is 2.91. The van der Waals surface area contributed by atoms with E-state index in [2.05, 4.69) is 25.8 Å². The Morgan fingerprint density at radius 1 is 1.16 bits per heavy atom. The lowest BCUT2D eigenvalue weighted by Gasteiger charge is -2.07. The zero-order chi connectivity index (χ0) is 13.1. The molecular formula is C12H13N7. The molecule has 3 rings (SSSR count). The number of fused-ring (bicyclic) bond motifs is 1. The molecule has 0 unspecified atom stereocenters. The van der Waals surface area contributed by atoms with E-state index in [1.165, 1.54) is 5.56 Å². The van der Waals surface area contributed by atoms with Gasteiger partial charge in [-0.3, -0.25) is 4.98 Å². The molecule has 96 valence electrons. The Hall–Kier alpha value is -2.54. The van der Waals surface area contributed by atoms with Crippen LogP contribution in [-0.4, -0.2) is 31.6 Å².